The van der Waals surface area contributed by atoms with Crippen LogP contribution in [0.1, 0.15) is 0 Å². The van der Waals surface area contributed by atoms with Gasteiger partial charge in [0.15, 0.2) is 0 Å². The predicted octanol–water partition coefficient (Wildman–Crippen LogP) is 1.65. The van der Waals surface area contributed by atoms with E-state index in [1.54, 1.807) is 0 Å². The van der Waals surface area contributed by atoms with Gasteiger partial charge in [0.1, 0.15) is 0 Å². The molecule has 0 saturated heterocycles. The summed E-state index contributed by atoms with van der Waals surface area (Å²) in [6, 6.07) is 10.7. The first-order valence-corrected chi connectivity index (χ1v) is 10.3. The molecule has 28 heavy (non-hydrogen) atoms. The molecule has 4 N–H and O–H groups in total. The van der Waals surface area contributed by atoms with Crippen molar-refractivity contribution in [2.45, 2.75) is 9.79 Å². The first-order valence-electron chi connectivity index (χ1n) is 7.42. The average molecular weight is 422 g/mol. The van der Waals surface area contributed by atoms with Gasteiger partial charge in [0.25, 0.3) is 20.2 Å². The van der Waals surface area contributed by atoms with Gasteiger partial charge in [-0.15, -0.1) is 0 Å². The Labute approximate surface area is 160 Å². The number of hydrogen-bond donors (Lipinski definition) is 4. The molecule has 3 rings (SSSR count). The van der Waals surface area contributed by atoms with E-state index in [0.29, 0.717) is 0 Å². The molecule has 145 valence electrons. The largest absolute Gasteiger partial charge is 0.324 e. The van der Waals surface area contributed by atoms with E-state index in [4.69, 9.17) is 9.11 Å². The standard InChI is InChI=1S/C15H12N5O6S2/c21-27(22,23)12-5-1-3-10(7-12)18-14-16-9-17-15(20-14)19-11-4-2-6-13(8-11)28(24,25)26/h1-8H,(H,21,22,23)(H,24,25,26)(H2,16,17,18,19,20). The Morgan fingerprint density at radius 2 is 1.18 bits per heavy atom. The number of aromatic nitrogens is 3. The molecule has 0 spiro atoms. The van der Waals surface area contributed by atoms with Crippen LogP contribution >= 0.6 is 0 Å². The van der Waals surface area contributed by atoms with Crippen molar-refractivity contribution in [2.24, 2.45) is 0 Å². The lowest BCUT2D eigenvalue weighted by atomic mass is 10.3. The maximum atomic E-state index is 11.2. The Hall–Kier alpha value is -3.13. The third-order valence-corrected chi connectivity index (χ3v) is 5.00. The van der Waals surface area contributed by atoms with Gasteiger partial charge in [-0.05, 0) is 36.4 Å². The predicted molar refractivity (Wildman–Crippen MR) is 97.7 cm³/mol. The first-order chi connectivity index (χ1) is 13.1. The summed E-state index contributed by atoms with van der Waals surface area (Å²) in [4.78, 5) is 11.0. The lowest BCUT2D eigenvalue weighted by molar-refractivity contribution is 0.481. The van der Waals surface area contributed by atoms with E-state index in [9.17, 15) is 16.8 Å². The molecule has 0 atom stereocenters. The van der Waals surface area contributed by atoms with Crippen molar-refractivity contribution < 1.29 is 25.9 Å². The van der Waals surface area contributed by atoms with Gasteiger partial charge in [0.2, 0.25) is 18.2 Å². The fourth-order valence-electron chi connectivity index (χ4n) is 2.11. The molecule has 0 unspecified atom stereocenters. The summed E-state index contributed by atoms with van der Waals surface area (Å²) in [5.41, 5.74) is 0.572. The van der Waals surface area contributed by atoms with E-state index in [2.05, 4.69) is 31.9 Å². The van der Waals surface area contributed by atoms with Gasteiger partial charge in [-0.25, -0.2) is 0 Å². The van der Waals surface area contributed by atoms with Gasteiger partial charge in [0, 0.05) is 11.4 Å². The van der Waals surface area contributed by atoms with E-state index < -0.39 is 20.2 Å². The van der Waals surface area contributed by atoms with Crippen LogP contribution in [-0.4, -0.2) is 40.9 Å². The Morgan fingerprint density at radius 1 is 0.750 bits per heavy atom. The topological polar surface area (TPSA) is 171 Å². The summed E-state index contributed by atoms with van der Waals surface area (Å²) in [5.74, 6) is 0.0202. The minimum absolute atomic E-state index is 0.0101. The van der Waals surface area contributed by atoms with Gasteiger partial charge in [-0.1, -0.05) is 12.1 Å². The molecule has 13 heteroatoms. The fraction of sp³-hybridized carbons (Fsp3) is 0. The zero-order valence-electron chi connectivity index (χ0n) is 13.8. The molecular weight excluding hydrogens is 410 g/mol. The van der Waals surface area contributed by atoms with Gasteiger partial charge in [-0.3, -0.25) is 9.11 Å². The maximum absolute atomic E-state index is 11.2. The minimum Gasteiger partial charge on any atom is -0.324 e. The highest BCUT2D eigenvalue weighted by Crippen LogP contribution is 2.20. The second-order valence-electron chi connectivity index (χ2n) is 5.34. The number of nitrogens with zero attached hydrogens (tertiary/aromatic N) is 3. The molecule has 1 aromatic heterocycles. The van der Waals surface area contributed by atoms with Gasteiger partial charge in [0.05, 0.1) is 9.79 Å². The molecule has 1 radical (unpaired) electrons. The van der Waals surface area contributed by atoms with Crippen molar-refractivity contribution in [3.05, 3.63) is 54.9 Å². The second-order valence-corrected chi connectivity index (χ2v) is 8.18. The number of nitrogens with one attached hydrogen (secondary N) is 2. The highest BCUT2D eigenvalue weighted by molar-refractivity contribution is 7.86. The second kappa shape index (κ2) is 7.47. The first kappa shape index (κ1) is 19.6. The van der Waals surface area contributed by atoms with Crippen molar-refractivity contribution >= 4 is 43.5 Å². The molecule has 0 aliphatic carbocycles. The van der Waals surface area contributed by atoms with Crippen LogP contribution in [0, 0.1) is 6.33 Å². The molecule has 11 nitrogen and oxygen atoms in total. The zero-order chi connectivity index (χ0) is 20.4. The van der Waals surface area contributed by atoms with E-state index in [0.717, 1.165) is 0 Å². The number of hydrogen-bond acceptors (Lipinski definition) is 9. The van der Waals surface area contributed by atoms with Crippen LogP contribution in [-0.2, 0) is 20.2 Å². The molecule has 2 aromatic carbocycles. The van der Waals surface area contributed by atoms with Crippen LogP contribution in [0.3, 0.4) is 0 Å². The van der Waals surface area contributed by atoms with Crippen LogP contribution in [0.5, 0.6) is 0 Å². The average Bonchev–Trinajstić information content (AvgIpc) is 2.61. The Kier molecular flexibility index (Phi) is 5.24. The van der Waals surface area contributed by atoms with Gasteiger partial charge in [-0.2, -0.15) is 31.8 Å². The Balaban J connectivity index is 1.82. The smallest absolute Gasteiger partial charge is 0.294 e. The number of benzene rings is 2. The van der Waals surface area contributed by atoms with E-state index in [1.165, 1.54) is 48.5 Å². The monoisotopic (exact) mass is 422 g/mol. The molecule has 0 saturated carbocycles. The van der Waals surface area contributed by atoms with E-state index in [-0.39, 0.29) is 33.1 Å². The van der Waals surface area contributed by atoms with Crippen molar-refractivity contribution in [3.63, 3.8) is 0 Å². The third-order valence-electron chi connectivity index (χ3n) is 3.30. The number of rotatable bonds is 6. The molecule has 0 fully saturated rings. The molecule has 3 aromatic rings. The molecule has 1 heterocycles. The van der Waals surface area contributed by atoms with Crippen LogP contribution < -0.4 is 10.6 Å². The normalized spacial score (nSPS) is 11.8. The molecule has 0 bridgehead atoms. The molecule has 0 aliphatic rings. The van der Waals surface area contributed by atoms with Crippen molar-refractivity contribution in [3.8, 4) is 0 Å². The van der Waals surface area contributed by atoms with E-state index >= 15 is 0 Å². The molecule has 0 amide bonds. The van der Waals surface area contributed by atoms with Crippen molar-refractivity contribution in [1.29, 1.82) is 0 Å². The Bertz CT molecular complexity index is 1140. The lowest BCUT2D eigenvalue weighted by Gasteiger charge is -2.08. The van der Waals surface area contributed by atoms with Crippen LogP contribution in [0.15, 0.2) is 58.3 Å². The highest BCUT2D eigenvalue weighted by Gasteiger charge is 2.12. The third kappa shape index (κ3) is 4.98. The lowest BCUT2D eigenvalue weighted by Crippen LogP contribution is -2.05. The highest BCUT2D eigenvalue weighted by atomic mass is 32.2. The van der Waals surface area contributed by atoms with Crippen molar-refractivity contribution in [1.82, 2.24) is 15.0 Å². The maximum Gasteiger partial charge on any atom is 0.294 e. The summed E-state index contributed by atoms with van der Waals surface area (Å²) in [6.07, 6.45) is 2.34. The zero-order valence-corrected chi connectivity index (χ0v) is 15.4. The van der Waals surface area contributed by atoms with Crippen LogP contribution in [0.4, 0.5) is 23.3 Å². The van der Waals surface area contributed by atoms with Crippen LogP contribution in [0.25, 0.3) is 0 Å². The van der Waals surface area contributed by atoms with Gasteiger partial charge < -0.3 is 10.6 Å². The summed E-state index contributed by atoms with van der Waals surface area (Å²) in [5, 5.41) is 5.47. The Morgan fingerprint density at radius 3 is 1.57 bits per heavy atom. The molecular formula is C15H12N5O6S2. The summed E-state index contributed by atoms with van der Waals surface area (Å²) in [6.45, 7) is 0. The quantitative estimate of drug-likeness (QED) is 0.426. The molecule has 0 aliphatic heterocycles. The van der Waals surface area contributed by atoms with E-state index in [1.807, 2.05) is 0 Å². The number of anilines is 4. The SMILES string of the molecule is O=S(=O)(O)c1cccc(Nc2n[c]nc(Nc3cccc(S(=O)(=O)O)c3)n2)c1. The van der Waals surface area contributed by atoms with Gasteiger partial charge >= 0.3 is 0 Å². The van der Waals surface area contributed by atoms with Crippen LogP contribution in [0.2, 0.25) is 0 Å². The summed E-state index contributed by atoms with van der Waals surface area (Å²) < 4.78 is 63.0. The minimum atomic E-state index is -4.37. The summed E-state index contributed by atoms with van der Waals surface area (Å²) >= 11 is 0. The summed E-state index contributed by atoms with van der Waals surface area (Å²) in [7, 11) is -8.73. The fourth-order valence-corrected chi connectivity index (χ4v) is 3.16. The van der Waals surface area contributed by atoms with Crippen molar-refractivity contribution in [2.75, 3.05) is 10.6 Å².